The maximum absolute atomic E-state index is 4.61. The van der Waals surface area contributed by atoms with Crippen LogP contribution in [0.15, 0.2) is 24.4 Å². The number of fused-ring (bicyclic) bond motifs is 1. The van der Waals surface area contributed by atoms with Crippen molar-refractivity contribution in [3.8, 4) is 0 Å². The second-order valence-corrected chi connectivity index (χ2v) is 3.96. The van der Waals surface area contributed by atoms with Crippen molar-refractivity contribution < 1.29 is 0 Å². The summed E-state index contributed by atoms with van der Waals surface area (Å²) in [5.74, 6) is 0. The van der Waals surface area contributed by atoms with Gasteiger partial charge in [0, 0.05) is 6.20 Å². The highest BCUT2D eigenvalue weighted by atomic mass is 14.8. The van der Waals surface area contributed by atoms with Crippen molar-refractivity contribution in [2.24, 2.45) is 0 Å². The Labute approximate surface area is 90.4 Å². The van der Waals surface area contributed by atoms with E-state index in [1.165, 1.54) is 18.4 Å². The molecule has 2 heteroatoms. The predicted octanol–water partition coefficient (Wildman–Crippen LogP) is 3.28. The first-order valence-corrected chi connectivity index (χ1v) is 5.52. The van der Waals surface area contributed by atoms with Crippen molar-refractivity contribution in [1.29, 1.82) is 0 Å². The predicted molar refractivity (Wildman–Crippen MR) is 62.9 cm³/mol. The molecule has 1 aromatic carbocycles. The number of hydrogen-bond acceptors (Lipinski definition) is 2. The molecule has 0 radical (unpaired) electrons. The summed E-state index contributed by atoms with van der Waals surface area (Å²) in [6.45, 7) is 4.28. The second-order valence-electron chi connectivity index (χ2n) is 3.96. The molecule has 0 bridgehead atoms. The first-order chi connectivity index (χ1) is 7.29. The summed E-state index contributed by atoms with van der Waals surface area (Å²) in [7, 11) is 0. The molecule has 78 valence electrons. The molecule has 2 rings (SSSR count). The fourth-order valence-electron chi connectivity index (χ4n) is 1.64. The van der Waals surface area contributed by atoms with E-state index in [1.54, 1.807) is 0 Å². The summed E-state index contributed by atoms with van der Waals surface area (Å²) in [6, 6.07) is 6.20. The monoisotopic (exact) mass is 200 g/mol. The first kappa shape index (κ1) is 10.1. The lowest BCUT2D eigenvalue weighted by molar-refractivity contribution is 0.776. The summed E-state index contributed by atoms with van der Waals surface area (Å²) in [5.41, 5.74) is 4.35. The topological polar surface area (TPSA) is 25.8 Å². The van der Waals surface area contributed by atoms with Gasteiger partial charge in [0.05, 0.1) is 16.7 Å². The highest BCUT2D eigenvalue weighted by Crippen LogP contribution is 2.12. The number of benzene rings is 1. The van der Waals surface area contributed by atoms with Crippen LogP contribution in [0.5, 0.6) is 0 Å². The smallest absolute Gasteiger partial charge is 0.0892 e. The van der Waals surface area contributed by atoms with Crippen LogP contribution in [-0.2, 0) is 6.42 Å². The van der Waals surface area contributed by atoms with Crippen LogP contribution in [0.2, 0.25) is 0 Å². The van der Waals surface area contributed by atoms with Gasteiger partial charge in [0.15, 0.2) is 0 Å². The zero-order chi connectivity index (χ0) is 10.7. The quantitative estimate of drug-likeness (QED) is 0.759. The highest BCUT2D eigenvalue weighted by molar-refractivity contribution is 5.74. The van der Waals surface area contributed by atoms with Crippen molar-refractivity contribution in [2.75, 3.05) is 0 Å². The van der Waals surface area contributed by atoms with Gasteiger partial charge in [-0.15, -0.1) is 0 Å². The van der Waals surface area contributed by atoms with Crippen molar-refractivity contribution in [2.45, 2.75) is 33.1 Å². The van der Waals surface area contributed by atoms with Crippen molar-refractivity contribution in [3.63, 3.8) is 0 Å². The van der Waals surface area contributed by atoms with Crippen LogP contribution < -0.4 is 0 Å². The maximum atomic E-state index is 4.61. The molecule has 2 nitrogen and oxygen atoms in total. The summed E-state index contributed by atoms with van der Waals surface area (Å²) in [6.07, 6.45) is 5.32. The molecule has 0 fully saturated rings. The third-order valence-corrected chi connectivity index (χ3v) is 2.53. The number of unbranched alkanes of at least 4 members (excludes halogenated alkanes) is 1. The SMILES string of the molecule is CCCCc1cnc2ccc(C)cc2n1. The van der Waals surface area contributed by atoms with E-state index < -0.39 is 0 Å². The Morgan fingerprint density at radius 2 is 2.07 bits per heavy atom. The lowest BCUT2D eigenvalue weighted by Crippen LogP contribution is -1.93. The fraction of sp³-hybridized carbons (Fsp3) is 0.385. The number of nitrogens with zero attached hydrogens (tertiary/aromatic N) is 2. The normalized spacial score (nSPS) is 10.8. The molecule has 0 saturated heterocycles. The van der Waals surface area contributed by atoms with Crippen LogP contribution >= 0.6 is 0 Å². The number of aryl methyl sites for hydroxylation is 2. The summed E-state index contributed by atoms with van der Waals surface area (Å²) in [5, 5.41) is 0. The number of hydrogen-bond donors (Lipinski definition) is 0. The minimum Gasteiger partial charge on any atom is -0.253 e. The molecule has 0 aliphatic rings. The molecular weight excluding hydrogens is 184 g/mol. The molecular formula is C13H16N2. The first-order valence-electron chi connectivity index (χ1n) is 5.52. The molecule has 0 saturated carbocycles. The molecule has 0 spiro atoms. The van der Waals surface area contributed by atoms with Crippen LogP contribution in [0.25, 0.3) is 11.0 Å². The minimum atomic E-state index is 0.987. The van der Waals surface area contributed by atoms with Gasteiger partial charge in [-0.05, 0) is 37.5 Å². The molecule has 0 N–H and O–H groups in total. The van der Waals surface area contributed by atoms with Crippen LogP contribution in [-0.4, -0.2) is 9.97 Å². The fourth-order valence-corrected chi connectivity index (χ4v) is 1.64. The van der Waals surface area contributed by atoms with Gasteiger partial charge in [-0.2, -0.15) is 0 Å². The molecule has 0 amide bonds. The third-order valence-electron chi connectivity index (χ3n) is 2.53. The zero-order valence-electron chi connectivity index (χ0n) is 9.33. The average molecular weight is 200 g/mol. The lowest BCUT2D eigenvalue weighted by atomic mass is 10.2. The van der Waals surface area contributed by atoms with E-state index >= 15 is 0 Å². The maximum Gasteiger partial charge on any atom is 0.0892 e. The second kappa shape index (κ2) is 4.39. The van der Waals surface area contributed by atoms with Crippen molar-refractivity contribution in [1.82, 2.24) is 9.97 Å². The Morgan fingerprint density at radius 3 is 2.87 bits per heavy atom. The van der Waals surface area contributed by atoms with Gasteiger partial charge in [-0.1, -0.05) is 19.4 Å². The van der Waals surface area contributed by atoms with Crippen molar-refractivity contribution in [3.05, 3.63) is 35.7 Å². The van der Waals surface area contributed by atoms with Gasteiger partial charge in [0.25, 0.3) is 0 Å². The van der Waals surface area contributed by atoms with Gasteiger partial charge < -0.3 is 0 Å². The van der Waals surface area contributed by atoms with Gasteiger partial charge in [0.2, 0.25) is 0 Å². The Balaban J connectivity index is 2.36. The van der Waals surface area contributed by atoms with Crippen LogP contribution in [0.3, 0.4) is 0 Å². The zero-order valence-corrected chi connectivity index (χ0v) is 9.33. The van der Waals surface area contributed by atoms with E-state index in [0.29, 0.717) is 0 Å². The van der Waals surface area contributed by atoms with E-state index in [9.17, 15) is 0 Å². The standard InChI is InChI=1S/C13H16N2/c1-3-4-5-11-9-14-12-7-6-10(2)8-13(12)15-11/h6-9H,3-5H2,1-2H3. The molecule has 0 unspecified atom stereocenters. The van der Waals surface area contributed by atoms with E-state index in [-0.39, 0.29) is 0 Å². The molecule has 2 aromatic rings. The van der Waals surface area contributed by atoms with Crippen LogP contribution in [0, 0.1) is 6.92 Å². The molecule has 15 heavy (non-hydrogen) atoms. The average Bonchev–Trinajstić information content (AvgIpc) is 2.25. The van der Waals surface area contributed by atoms with Crippen molar-refractivity contribution >= 4 is 11.0 Å². The lowest BCUT2D eigenvalue weighted by Gasteiger charge is -2.02. The minimum absolute atomic E-state index is 0.987. The van der Waals surface area contributed by atoms with E-state index in [1.807, 2.05) is 12.3 Å². The summed E-state index contributed by atoms with van der Waals surface area (Å²) >= 11 is 0. The van der Waals surface area contributed by atoms with Gasteiger partial charge >= 0.3 is 0 Å². The third kappa shape index (κ3) is 2.32. The Hall–Kier alpha value is -1.44. The highest BCUT2D eigenvalue weighted by Gasteiger charge is 1.99. The van der Waals surface area contributed by atoms with Crippen LogP contribution in [0.1, 0.15) is 31.0 Å². The largest absolute Gasteiger partial charge is 0.253 e. The molecule has 0 aliphatic carbocycles. The van der Waals surface area contributed by atoms with E-state index in [2.05, 4.69) is 35.9 Å². The Bertz CT molecular complexity index is 463. The number of aromatic nitrogens is 2. The molecule has 1 heterocycles. The Morgan fingerprint density at radius 1 is 1.20 bits per heavy atom. The van der Waals surface area contributed by atoms with E-state index in [4.69, 9.17) is 0 Å². The van der Waals surface area contributed by atoms with Gasteiger partial charge in [0.1, 0.15) is 0 Å². The molecule has 0 aliphatic heterocycles. The number of rotatable bonds is 3. The van der Waals surface area contributed by atoms with E-state index in [0.717, 1.165) is 23.1 Å². The molecule has 1 aromatic heterocycles. The van der Waals surface area contributed by atoms with Gasteiger partial charge in [-0.3, -0.25) is 4.98 Å². The van der Waals surface area contributed by atoms with Crippen LogP contribution in [0.4, 0.5) is 0 Å². The summed E-state index contributed by atoms with van der Waals surface area (Å²) in [4.78, 5) is 9.02. The Kier molecular flexibility index (Phi) is 2.95. The molecule has 0 atom stereocenters. The van der Waals surface area contributed by atoms with Gasteiger partial charge in [-0.25, -0.2) is 4.98 Å². The summed E-state index contributed by atoms with van der Waals surface area (Å²) < 4.78 is 0.